The van der Waals surface area contributed by atoms with Crippen molar-refractivity contribution in [3.05, 3.63) is 52.1 Å². The van der Waals surface area contributed by atoms with E-state index in [4.69, 9.17) is 17.0 Å². The molecule has 1 unspecified atom stereocenters. The Kier molecular flexibility index (Phi) is 3.57. The van der Waals surface area contributed by atoms with E-state index >= 15 is 0 Å². The molecule has 0 saturated heterocycles. The molecular formula is C16H18N2OS. The summed E-state index contributed by atoms with van der Waals surface area (Å²) in [4.78, 5) is 8.00. The van der Waals surface area contributed by atoms with Gasteiger partial charge in [0.15, 0.2) is 0 Å². The fourth-order valence-electron chi connectivity index (χ4n) is 2.60. The molecular weight excluding hydrogens is 268 g/mol. The number of hydrogen-bond donors (Lipinski definition) is 1. The van der Waals surface area contributed by atoms with Crippen LogP contribution in [0.5, 0.6) is 5.75 Å². The maximum atomic E-state index is 5.72. The minimum atomic E-state index is 0.236. The van der Waals surface area contributed by atoms with E-state index in [0.717, 1.165) is 30.3 Å². The molecule has 0 spiro atoms. The van der Waals surface area contributed by atoms with Crippen LogP contribution in [0.25, 0.3) is 0 Å². The highest BCUT2D eigenvalue weighted by Gasteiger charge is 2.24. The zero-order valence-corrected chi connectivity index (χ0v) is 12.5. The van der Waals surface area contributed by atoms with Gasteiger partial charge in [-0.05, 0) is 24.5 Å². The van der Waals surface area contributed by atoms with Crippen LogP contribution in [0.4, 0.5) is 0 Å². The number of benzene rings is 1. The fourth-order valence-corrected chi connectivity index (χ4v) is 2.82. The predicted molar refractivity (Wildman–Crippen MR) is 81.9 cm³/mol. The number of aromatic nitrogens is 2. The summed E-state index contributed by atoms with van der Waals surface area (Å²) in [6.07, 6.45) is 0.927. The third-order valence-electron chi connectivity index (χ3n) is 3.69. The smallest absolute Gasteiger partial charge is 0.130 e. The largest absolute Gasteiger partial charge is 0.493 e. The second-order valence-electron chi connectivity index (χ2n) is 5.44. The average Bonchev–Trinajstić information content (AvgIpc) is 2.46. The summed E-state index contributed by atoms with van der Waals surface area (Å²) in [5.41, 5.74) is 2.33. The first-order valence-electron chi connectivity index (χ1n) is 6.98. The number of nitrogens with one attached hydrogen (secondary N) is 1. The summed E-state index contributed by atoms with van der Waals surface area (Å²) in [5.74, 6) is 2.56. The van der Waals surface area contributed by atoms with Gasteiger partial charge in [0.05, 0.1) is 6.61 Å². The van der Waals surface area contributed by atoms with Crippen molar-refractivity contribution in [3.63, 3.8) is 0 Å². The molecule has 1 aromatic carbocycles. The third-order valence-corrected chi connectivity index (χ3v) is 3.90. The lowest BCUT2D eigenvalue weighted by Crippen LogP contribution is -2.18. The number of hydrogen-bond acceptors (Lipinski definition) is 3. The van der Waals surface area contributed by atoms with Crippen LogP contribution in [-0.2, 0) is 0 Å². The summed E-state index contributed by atoms with van der Waals surface area (Å²) in [6.45, 7) is 5.03. The van der Waals surface area contributed by atoms with E-state index in [0.29, 0.717) is 10.6 Å². The Labute approximate surface area is 124 Å². The molecule has 4 heteroatoms. The molecule has 1 atom stereocenters. The zero-order chi connectivity index (χ0) is 14.1. The number of para-hydroxylation sites is 1. The van der Waals surface area contributed by atoms with Crippen molar-refractivity contribution < 1.29 is 4.74 Å². The number of ether oxygens (including phenoxy) is 1. The minimum Gasteiger partial charge on any atom is -0.493 e. The van der Waals surface area contributed by atoms with Crippen molar-refractivity contribution in [1.29, 1.82) is 0 Å². The van der Waals surface area contributed by atoms with Gasteiger partial charge in [0.1, 0.15) is 16.2 Å². The minimum absolute atomic E-state index is 0.236. The van der Waals surface area contributed by atoms with Crippen LogP contribution in [0.2, 0.25) is 0 Å². The molecule has 0 aliphatic carbocycles. The molecule has 2 aromatic rings. The highest BCUT2D eigenvalue weighted by atomic mass is 32.1. The second kappa shape index (κ2) is 5.37. The molecule has 1 aliphatic heterocycles. The number of H-pyrrole nitrogens is 1. The Morgan fingerprint density at radius 2 is 2.15 bits per heavy atom. The molecule has 1 aromatic heterocycles. The monoisotopic (exact) mass is 286 g/mol. The topological polar surface area (TPSA) is 37.9 Å². The van der Waals surface area contributed by atoms with Gasteiger partial charge in [0, 0.05) is 17.2 Å². The van der Waals surface area contributed by atoms with Crippen molar-refractivity contribution in [3.8, 4) is 5.75 Å². The highest BCUT2D eigenvalue weighted by Crippen LogP contribution is 2.36. The highest BCUT2D eigenvalue weighted by molar-refractivity contribution is 7.71. The lowest BCUT2D eigenvalue weighted by atomic mass is 9.92. The van der Waals surface area contributed by atoms with E-state index in [1.54, 1.807) is 0 Å². The van der Waals surface area contributed by atoms with E-state index in [9.17, 15) is 0 Å². The number of nitrogens with zero attached hydrogens (tertiary/aromatic N) is 1. The first-order valence-corrected chi connectivity index (χ1v) is 7.39. The summed E-state index contributed by atoms with van der Waals surface area (Å²) in [6, 6.07) is 10.1. The quantitative estimate of drug-likeness (QED) is 0.842. The van der Waals surface area contributed by atoms with Gasteiger partial charge in [-0.1, -0.05) is 44.3 Å². The first kappa shape index (κ1) is 13.3. The van der Waals surface area contributed by atoms with Crippen LogP contribution >= 0.6 is 12.2 Å². The molecule has 0 amide bonds. The van der Waals surface area contributed by atoms with Gasteiger partial charge in [0.25, 0.3) is 0 Å². The van der Waals surface area contributed by atoms with E-state index in [1.807, 2.05) is 24.3 Å². The van der Waals surface area contributed by atoms with Crippen molar-refractivity contribution in [2.45, 2.75) is 32.1 Å². The van der Waals surface area contributed by atoms with E-state index in [1.165, 1.54) is 5.56 Å². The lowest BCUT2D eigenvalue weighted by molar-refractivity contribution is 0.274. The maximum Gasteiger partial charge on any atom is 0.130 e. The Bertz CT molecular complexity index is 678. The Hall–Kier alpha value is -1.68. The van der Waals surface area contributed by atoms with Gasteiger partial charge >= 0.3 is 0 Å². The molecule has 104 valence electrons. The molecule has 0 fully saturated rings. The molecule has 0 bridgehead atoms. The lowest BCUT2D eigenvalue weighted by Gasteiger charge is -2.25. The molecule has 20 heavy (non-hydrogen) atoms. The van der Waals surface area contributed by atoms with Gasteiger partial charge in [-0.25, -0.2) is 4.98 Å². The average molecular weight is 286 g/mol. The van der Waals surface area contributed by atoms with Gasteiger partial charge in [-0.2, -0.15) is 0 Å². The van der Waals surface area contributed by atoms with Crippen LogP contribution in [0.15, 0.2) is 30.3 Å². The molecule has 1 N–H and O–H groups in total. The third kappa shape index (κ3) is 2.48. The van der Waals surface area contributed by atoms with Crippen molar-refractivity contribution in [2.24, 2.45) is 0 Å². The standard InChI is InChI=1S/C16H18N2OS/c1-10(2)13-9-15(20)18-16(17-13)12-7-8-19-14-6-4-3-5-11(12)14/h3-6,9-10,12H,7-8H2,1-2H3,(H,17,18,20). The fraction of sp³-hybridized carbons (Fsp3) is 0.375. The summed E-state index contributed by atoms with van der Waals surface area (Å²) in [5, 5.41) is 0. The van der Waals surface area contributed by atoms with Crippen LogP contribution < -0.4 is 4.74 Å². The number of fused-ring (bicyclic) bond motifs is 1. The van der Waals surface area contributed by atoms with E-state index in [-0.39, 0.29) is 5.92 Å². The maximum absolute atomic E-state index is 5.72. The second-order valence-corrected chi connectivity index (χ2v) is 5.86. The van der Waals surface area contributed by atoms with Crippen molar-refractivity contribution in [1.82, 2.24) is 9.97 Å². The molecule has 3 nitrogen and oxygen atoms in total. The Morgan fingerprint density at radius 3 is 2.95 bits per heavy atom. The molecule has 3 rings (SSSR count). The molecule has 2 heterocycles. The van der Waals surface area contributed by atoms with Crippen LogP contribution in [-0.4, -0.2) is 16.6 Å². The number of aromatic amines is 1. The normalized spacial score (nSPS) is 17.6. The zero-order valence-electron chi connectivity index (χ0n) is 11.7. The number of rotatable bonds is 2. The Morgan fingerprint density at radius 1 is 1.35 bits per heavy atom. The summed E-state index contributed by atoms with van der Waals surface area (Å²) >= 11 is 5.31. The molecule has 0 radical (unpaired) electrons. The Balaban J connectivity index is 2.08. The molecule has 0 saturated carbocycles. The first-order chi connectivity index (χ1) is 9.65. The van der Waals surface area contributed by atoms with E-state index < -0.39 is 0 Å². The van der Waals surface area contributed by atoms with Crippen LogP contribution in [0, 0.1) is 4.64 Å². The van der Waals surface area contributed by atoms with Crippen molar-refractivity contribution >= 4 is 12.2 Å². The van der Waals surface area contributed by atoms with Crippen molar-refractivity contribution in [2.75, 3.05) is 6.61 Å². The van der Waals surface area contributed by atoms with E-state index in [2.05, 4.69) is 29.9 Å². The van der Waals surface area contributed by atoms with Gasteiger partial charge in [-0.3, -0.25) is 0 Å². The molecule has 1 aliphatic rings. The van der Waals surface area contributed by atoms with Crippen LogP contribution in [0.1, 0.15) is 49.2 Å². The van der Waals surface area contributed by atoms with Crippen LogP contribution in [0.3, 0.4) is 0 Å². The van der Waals surface area contributed by atoms with Gasteiger partial charge in [0.2, 0.25) is 0 Å². The summed E-state index contributed by atoms with van der Waals surface area (Å²) in [7, 11) is 0. The predicted octanol–water partition coefficient (Wildman–Crippen LogP) is 4.18. The van der Waals surface area contributed by atoms with Gasteiger partial charge < -0.3 is 9.72 Å². The summed E-state index contributed by atoms with van der Waals surface area (Å²) < 4.78 is 6.37. The SMILES string of the molecule is CC(C)c1cc(=S)nc(C2CCOc3ccccc32)[nH]1. The van der Waals surface area contributed by atoms with Gasteiger partial charge in [-0.15, -0.1) is 0 Å².